The van der Waals surface area contributed by atoms with Crippen LogP contribution in [0.4, 0.5) is 5.69 Å². The molecule has 3 aromatic rings. The Hall–Kier alpha value is -4.51. The third kappa shape index (κ3) is 8.87. The molecule has 2 fully saturated rings. The number of aliphatic hydroxyl groups excluding tert-OH is 1. The van der Waals surface area contributed by atoms with E-state index in [1.54, 1.807) is 38.2 Å². The molecule has 5 N–H and O–H groups in total. The lowest BCUT2D eigenvalue weighted by Gasteiger charge is -2.41. The molecule has 2 aromatic heterocycles. The van der Waals surface area contributed by atoms with Crippen molar-refractivity contribution in [3.05, 3.63) is 59.0 Å². The standard InChI is InChI=1S/C35H47N9O6S/c1-21-31(51-20-38-21)24-8-6-23(7-9-24)10-11-37-32(47)28-15-26(45)17-44(28)34(49)35(3,4)22(2)40-30(46)19-42-12-13-43(29(36)18-42)25-14-27(33(48)50-5)41-39-16-25/h6-9,14,16,20,22,26,28-29,45H,10-13,15,17-19,36H2,1-5H3,(H,37,47)(H,40,46)/t22-,26+,28-,29?/m0/s1. The molecule has 0 saturated carbocycles. The van der Waals surface area contributed by atoms with Gasteiger partial charge in [0, 0.05) is 45.2 Å². The van der Waals surface area contributed by atoms with Crippen LogP contribution in [0.15, 0.2) is 42.0 Å². The molecule has 2 aliphatic rings. The zero-order chi connectivity index (χ0) is 36.9. The number of hydrogen-bond acceptors (Lipinski definition) is 13. The molecule has 16 heteroatoms. The number of aryl methyl sites for hydroxylation is 1. The highest BCUT2D eigenvalue weighted by atomic mass is 32.1. The van der Waals surface area contributed by atoms with Crippen LogP contribution < -0.4 is 21.3 Å². The van der Waals surface area contributed by atoms with Gasteiger partial charge in [0.1, 0.15) is 6.04 Å². The van der Waals surface area contributed by atoms with Gasteiger partial charge in [0.25, 0.3) is 0 Å². The molecular weight excluding hydrogens is 675 g/mol. The Morgan fingerprint density at radius 1 is 1.16 bits per heavy atom. The maximum atomic E-state index is 13.9. The molecule has 5 rings (SSSR count). The number of carbonyl (C=O) groups excluding carboxylic acids is 4. The first-order chi connectivity index (χ1) is 24.3. The summed E-state index contributed by atoms with van der Waals surface area (Å²) in [7, 11) is 1.27. The van der Waals surface area contributed by atoms with Crippen molar-refractivity contribution >= 4 is 40.7 Å². The number of nitrogens with one attached hydrogen (secondary N) is 2. The number of amides is 3. The maximum absolute atomic E-state index is 13.9. The quantitative estimate of drug-likeness (QED) is 0.194. The number of nitrogens with zero attached hydrogens (tertiary/aromatic N) is 6. The molecule has 0 aliphatic carbocycles. The molecule has 1 unspecified atom stereocenters. The number of aromatic nitrogens is 3. The number of β-amino-alcohol motifs (C(OH)–C–C–N with tert-alkyl or cyclic N) is 1. The molecule has 3 amide bonds. The monoisotopic (exact) mass is 721 g/mol. The number of aliphatic hydroxyl groups is 1. The van der Waals surface area contributed by atoms with Crippen LogP contribution in [0.25, 0.3) is 10.4 Å². The Morgan fingerprint density at radius 3 is 2.57 bits per heavy atom. The number of rotatable bonds is 12. The molecule has 0 spiro atoms. The van der Waals surface area contributed by atoms with E-state index < -0.39 is 35.7 Å². The fraction of sp³-hybridized carbons (Fsp3) is 0.514. The topological polar surface area (TPSA) is 196 Å². The van der Waals surface area contributed by atoms with Gasteiger partial charge in [-0.25, -0.2) is 9.78 Å². The number of methoxy groups -OCH3 is 1. The average molecular weight is 722 g/mol. The number of anilines is 1. The van der Waals surface area contributed by atoms with E-state index in [4.69, 9.17) is 10.5 Å². The van der Waals surface area contributed by atoms with E-state index in [1.165, 1.54) is 18.2 Å². The van der Waals surface area contributed by atoms with Crippen LogP contribution in [-0.2, 0) is 25.5 Å². The van der Waals surface area contributed by atoms with Crippen LogP contribution in [0.3, 0.4) is 0 Å². The summed E-state index contributed by atoms with van der Waals surface area (Å²) in [5.41, 5.74) is 11.1. The number of hydrogen-bond donors (Lipinski definition) is 4. The number of carbonyl (C=O) groups is 4. The van der Waals surface area contributed by atoms with Crippen molar-refractivity contribution in [2.45, 2.75) is 64.9 Å². The molecule has 274 valence electrons. The molecule has 15 nitrogen and oxygen atoms in total. The summed E-state index contributed by atoms with van der Waals surface area (Å²) in [6, 6.07) is 8.34. The predicted molar refractivity (Wildman–Crippen MR) is 192 cm³/mol. The van der Waals surface area contributed by atoms with E-state index in [1.807, 2.05) is 46.5 Å². The maximum Gasteiger partial charge on any atom is 0.358 e. The lowest BCUT2D eigenvalue weighted by atomic mass is 9.83. The molecular formula is C35H47N9O6S. The molecule has 51 heavy (non-hydrogen) atoms. The first kappa shape index (κ1) is 37.7. The molecule has 4 heterocycles. The van der Waals surface area contributed by atoms with Gasteiger partial charge in [0.15, 0.2) is 5.69 Å². The van der Waals surface area contributed by atoms with E-state index >= 15 is 0 Å². The second-order valence-corrected chi connectivity index (χ2v) is 14.5. The molecule has 2 aliphatic heterocycles. The summed E-state index contributed by atoms with van der Waals surface area (Å²) in [5, 5.41) is 24.1. The zero-order valence-corrected chi connectivity index (χ0v) is 30.5. The smallest absolute Gasteiger partial charge is 0.358 e. The van der Waals surface area contributed by atoms with Gasteiger partial charge in [-0.3, -0.25) is 19.3 Å². The number of likely N-dealkylation sites (tertiary alicyclic amines) is 1. The SMILES string of the molecule is COC(=O)c1cc(N2CCN(CC(=O)N[C@@H](C)C(C)(C)C(=O)N3C[C@H](O)C[C@H]3C(=O)NCCc3ccc(-c4scnc4C)cc3)CC2N)cnn1. The number of ether oxygens (including phenoxy) is 1. The van der Waals surface area contributed by atoms with Crippen molar-refractivity contribution in [1.82, 2.24) is 35.6 Å². The Balaban J connectivity index is 1.10. The largest absolute Gasteiger partial charge is 0.464 e. The molecule has 4 atom stereocenters. The van der Waals surface area contributed by atoms with Gasteiger partial charge in [0.05, 0.1) is 59.3 Å². The van der Waals surface area contributed by atoms with Crippen LogP contribution in [-0.4, -0.2) is 125 Å². The normalized spacial score (nSPS) is 20.2. The average Bonchev–Trinajstić information content (AvgIpc) is 3.72. The Kier molecular flexibility index (Phi) is 12.0. The number of benzene rings is 1. The lowest BCUT2D eigenvalue weighted by molar-refractivity contribution is -0.147. The van der Waals surface area contributed by atoms with Crippen LogP contribution in [0.2, 0.25) is 0 Å². The van der Waals surface area contributed by atoms with Gasteiger partial charge in [-0.2, -0.15) is 5.10 Å². The van der Waals surface area contributed by atoms with Crippen molar-refractivity contribution < 1.29 is 29.0 Å². The highest BCUT2D eigenvalue weighted by molar-refractivity contribution is 7.13. The fourth-order valence-corrected chi connectivity index (χ4v) is 7.23. The van der Waals surface area contributed by atoms with E-state index in [9.17, 15) is 24.3 Å². The number of thiazole rings is 1. The van der Waals surface area contributed by atoms with Crippen molar-refractivity contribution in [3.8, 4) is 10.4 Å². The Labute approximate surface area is 301 Å². The van der Waals surface area contributed by atoms with Crippen LogP contribution >= 0.6 is 11.3 Å². The summed E-state index contributed by atoms with van der Waals surface area (Å²) in [6.07, 6.45) is 0.978. The van der Waals surface area contributed by atoms with E-state index in [0.29, 0.717) is 38.3 Å². The van der Waals surface area contributed by atoms with Crippen LogP contribution in [0, 0.1) is 12.3 Å². The van der Waals surface area contributed by atoms with Crippen molar-refractivity contribution in [2.24, 2.45) is 11.1 Å². The summed E-state index contributed by atoms with van der Waals surface area (Å²) >= 11 is 1.60. The number of esters is 1. The van der Waals surface area contributed by atoms with Crippen molar-refractivity contribution in [2.75, 3.05) is 51.3 Å². The first-order valence-corrected chi connectivity index (χ1v) is 17.9. The summed E-state index contributed by atoms with van der Waals surface area (Å²) in [6.45, 7) is 9.09. The fourth-order valence-electron chi connectivity index (χ4n) is 6.41. The molecule has 2 saturated heterocycles. The van der Waals surface area contributed by atoms with Crippen LogP contribution in [0.1, 0.15) is 48.9 Å². The zero-order valence-electron chi connectivity index (χ0n) is 29.7. The predicted octanol–water partition coefficient (Wildman–Crippen LogP) is 0.954. The molecule has 0 radical (unpaired) electrons. The van der Waals surface area contributed by atoms with Crippen molar-refractivity contribution in [3.63, 3.8) is 0 Å². The van der Waals surface area contributed by atoms with Gasteiger partial charge in [-0.15, -0.1) is 16.4 Å². The summed E-state index contributed by atoms with van der Waals surface area (Å²) in [4.78, 5) is 62.9. The molecule has 1 aromatic carbocycles. The minimum absolute atomic E-state index is 0.0375. The van der Waals surface area contributed by atoms with E-state index in [2.05, 4.69) is 25.8 Å². The first-order valence-electron chi connectivity index (χ1n) is 17.0. The number of nitrogens with two attached hydrogens (primary N) is 1. The van der Waals surface area contributed by atoms with E-state index in [0.717, 1.165) is 21.7 Å². The summed E-state index contributed by atoms with van der Waals surface area (Å²) in [5.74, 6) is -1.51. The second kappa shape index (κ2) is 16.2. The Morgan fingerprint density at radius 2 is 1.90 bits per heavy atom. The lowest BCUT2D eigenvalue weighted by Crippen LogP contribution is -2.60. The van der Waals surface area contributed by atoms with E-state index in [-0.39, 0.29) is 42.9 Å². The van der Waals surface area contributed by atoms with Crippen molar-refractivity contribution in [1.29, 1.82) is 0 Å². The summed E-state index contributed by atoms with van der Waals surface area (Å²) < 4.78 is 4.73. The molecule has 0 bridgehead atoms. The second-order valence-electron chi connectivity index (χ2n) is 13.7. The van der Waals surface area contributed by atoms with Crippen LogP contribution in [0.5, 0.6) is 0 Å². The third-order valence-electron chi connectivity index (χ3n) is 9.76. The third-order valence-corrected chi connectivity index (χ3v) is 10.7. The Bertz CT molecular complexity index is 1720. The highest BCUT2D eigenvalue weighted by Crippen LogP contribution is 2.30. The minimum atomic E-state index is -1.07. The minimum Gasteiger partial charge on any atom is -0.464 e. The van der Waals surface area contributed by atoms with Gasteiger partial charge < -0.3 is 36.0 Å². The van der Waals surface area contributed by atoms with Gasteiger partial charge in [-0.05, 0) is 51.3 Å². The highest BCUT2D eigenvalue weighted by Gasteiger charge is 2.46. The number of piperazine rings is 1. The van der Waals surface area contributed by atoms with Gasteiger partial charge >= 0.3 is 5.97 Å². The van der Waals surface area contributed by atoms with Gasteiger partial charge in [0.2, 0.25) is 17.7 Å². The van der Waals surface area contributed by atoms with Gasteiger partial charge in [-0.1, -0.05) is 24.3 Å².